The van der Waals surface area contributed by atoms with Crippen LogP contribution in [0.25, 0.3) is 0 Å². The fourth-order valence-electron chi connectivity index (χ4n) is 1.47. The average Bonchev–Trinajstić information content (AvgIpc) is 2.42. The van der Waals surface area contributed by atoms with Crippen LogP contribution in [-0.4, -0.2) is 15.5 Å². The van der Waals surface area contributed by atoms with E-state index in [-0.39, 0.29) is 16.9 Å². The Morgan fingerprint density at radius 1 is 0.850 bits per heavy atom. The van der Waals surface area contributed by atoms with Crippen LogP contribution in [0.5, 0.6) is 17.2 Å². The second-order valence-electron chi connectivity index (χ2n) is 5.36. The number of phenols is 2. The molecule has 0 amide bonds. The van der Waals surface area contributed by atoms with Crippen molar-refractivity contribution in [3.63, 3.8) is 0 Å². The summed E-state index contributed by atoms with van der Waals surface area (Å²) in [4.78, 5) is 3.91. The van der Waals surface area contributed by atoms with Crippen LogP contribution in [0.1, 0.15) is 26.3 Å². The van der Waals surface area contributed by atoms with Crippen LogP contribution < -0.4 is 4.89 Å². The summed E-state index contributed by atoms with van der Waals surface area (Å²) in [5.41, 5.74) is 1.02. The fraction of sp³-hybridized carbons (Fsp3) is 0.250. The summed E-state index contributed by atoms with van der Waals surface area (Å²) in [7, 11) is 0. The smallest absolute Gasteiger partial charge is 0.165 e. The van der Waals surface area contributed by atoms with Gasteiger partial charge in [-0.05, 0) is 35.2 Å². The molecule has 0 spiro atoms. The molecule has 0 aliphatic rings. The van der Waals surface area contributed by atoms with Crippen molar-refractivity contribution in [1.29, 1.82) is 0 Å². The first-order chi connectivity index (χ1) is 9.34. The van der Waals surface area contributed by atoms with Crippen molar-refractivity contribution in [1.82, 2.24) is 0 Å². The number of aromatic hydroxyl groups is 2. The maximum absolute atomic E-state index is 9.21. The van der Waals surface area contributed by atoms with E-state index < -0.39 is 0 Å². The van der Waals surface area contributed by atoms with Gasteiger partial charge in [0, 0.05) is 0 Å². The molecule has 3 N–H and O–H groups in total. The highest BCUT2D eigenvalue weighted by atomic mass is 17.1. The normalized spacial score (nSPS) is 10.4. The molecule has 0 bridgehead atoms. The summed E-state index contributed by atoms with van der Waals surface area (Å²) in [5.74, 6) is 0.345. The summed E-state index contributed by atoms with van der Waals surface area (Å²) in [5, 5.41) is 26.3. The zero-order chi connectivity index (χ0) is 15.2. The lowest BCUT2D eigenvalue weighted by Crippen LogP contribution is -2.10. The zero-order valence-corrected chi connectivity index (χ0v) is 11.9. The third kappa shape index (κ3) is 4.82. The van der Waals surface area contributed by atoms with E-state index in [1.54, 1.807) is 30.3 Å². The Labute approximate surface area is 118 Å². The van der Waals surface area contributed by atoms with Crippen LogP contribution in [0.15, 0.2) is 48.5 Å². The Morgan fingerprint density at radius 2 is 1.45 bits per heavy atom. The van der Waals surface area contributed by atoms with E-state index in [0.717, 1.165) is 5.56 Å². The predicted octanol–water partition coefficient (Wildman–Crippen LogP) is 3.93. The maximum atomic E-state index is 9.21. The molecule has 0 unspecified atom stereocenters. The molecule has 2 rings (SSSR count). The van der Waals surface area contributed by atoms with E-state index in [1.807, 2.05) is 12.1 Å². The lowest BCUT2D eigenvalue weighted by Gasteiger charge is -2.19. The fourth-order valence-corrected chi connectivity index (χ4v) is 1.47. The Hall–Kier alpha value is -2.20. The molecule has 4 nitrogen and oxygen atoms in total. The van der Waals surface area contributed by atoms with Gasteiger partial charge in [-0.15, -0.1) is 0 Å². The molecular formula is C16H20O4. The molecule has 0 aliphatic carbocycles. The van der Waals surface area contributed by atoms with Gasteiger partial charge in [0.15, 0.2) is 17.2 Å². The summed E-state index contributed by atoms with van der Waals surface area (Å²) in [6.45, 7) is 6.16. The first-order valence-corrected chi connectivity index (χ1v) is 6.23. The van der Waals surface area contributed by atoms with Gasteiger partial charge in [0.2, 0.25) is 0 Å². The number of para-hydroxylation sites is 1. The van der Waals surface area contributed by atoms with Crippen LogP contribution in [0.2, 0.25) is 0 Å². The van der Waals surface area contributed by atoms with Gasteiger partial charge in [0.25, 0.3) is 0 Å². The summed E-state index contributed by atoms with van der Waals surface area (Å²) in [6.07, 6.45) is 0. The van der Waals surface area contributed by atoms with Crippen LogP contribution in [-0.2, 0) is 5.41 Å². The van der Waals surface area contributed by atoms with Crippen LogP contribution in [0, 0.1) is 0 Å². The van der Waals surface area contributed by atoms with Crippen molar-refractivity contribution in [2.24, 2.45) is 0 Å². The second-order valence-corrected chi connectivity index (χ2v) is 5.36. The van der Waals surface area contributed by atoms with E-state index in [1.165, 1.54) is 6.07 Å². The van der Waals surface area contributed by atoms with E-state index in [9.17, 15) is 5.11 Å². The molecule has 2 aromatic rings. The van der Waals surface area contributed by atoms with Gasteiger partial charge in [0.1, 0.15) is 0 Å². The van der Waals surface area contributed by atoms with Crippen molar-refractivity contribution in [2.45, 2.75) is 26.2 Å². The van der Waals surface area contributed by atoms with Gasteiger partial charge in [-0.25, -0.2) is 5.26 Å². The topological polar surface area (TPSA) is 69.9 Å². The Bertz CT molecular complexity index is 530. The molecule has 0 saturated heterocycles. The number of hydrogen-bond donors (Lipinski definition) is 3. The lowest BCUT2D eigenvalue weighted by atomic mass is 9.87. The molecule has 0 aliphatic heterocycles. The number of hydrogen-bond acceptors (Lipinski definition) is 4. The van der Waals surface area contributed by atoms with E-state index in [2.05, 4.69) is 25.7 Å². The Balaban J connectivity index is 0.000000217. The number of rotatable bonds is 1. The molecule has 0 fully saturated rings. The predicted molar refractivity (Wildman–Crippen MR) is 78.2 cm³/mol. The molecule has 4 heteroatoms. The molecule has 0 heterocycles. The van der Waals surface area contributed by atoms with Crippen molar-refractivity contribution in [2.75, 3.05) is 0 Å². The third-order valence-electron chi connectivity index (χ3n) is 2.69. The van der Waals surface area contributed by atoms with Crippen LogP contribution in [0.3, 0.4) is 0 Å². The highest BCUT2D eigenvalue weighted by Gasteiger charge is 2.14. The summed E-state index contributed by atoms with van der Waals surface area (Å²) in [6, 6.07) is 13.7. The minimum atomic E-state index is -0.0667. The van der Waals surface area contributed by atoms with Crippen molar-refractivity contribution in [3.05, 3.63) is 54.1 Å². The van der Waals surface area contributed by atoms with E-state index in [4.69, 9.17) is 10.4 Å². The van der Waals surface area contributed by atoms with Crippen LogP contribution >= 0.6 is 0 Å². The highest BCUT2D eigenvalue weighted by molar-refractivity contribution is 5.42. The van der Waals surface area contributed by atoms with E-state index in [0.29, 0.717) is 5.75 Å². The minimum absolute atomic E-state index is 0.00514. The van der Waals surface area contributed by atoms with Gasteiger partial charge in [-0.2, -0.15) is 0 Å². The molecule has 0 radical (unpaired) electrons. The monoisotopic (exact) mass is 276 g/mol. The lowest BCUT2D eigenvalue weighted by molar-refractivity contribution is -0.137. The molecule has 0 aromatic heterocycles. The van der Waals surface area contributed by atoms with Gasteiger partial charge >= 0.3 is 0 Å². The molecule has 2 aromatic carbocycles. The largest absolute Gasteiger partial charge is 0.504 e. The quantitative estimate of drug-likeness (QED) is 0.419. The van der Waals surface area contributed by atoms with Crippen molar-refractivity contribution < 1.29 is 20.4 Å². The van der Waals surface area contributed by atoms with Crippen molar-refractivity contribution >= 4 is 0 Å². The minimum Gasteiger partial charge on any atom is -0.504 e. The van der Waals surface area contributed by atoms with E-state index >= 15 is 0 Å². The first-order valence-electron chi connectivity index (χ1n) is 6.23. The Kier molecular flexibility index (Phi) is 5.41. The molecule has 0 atom stereocenters. The summed E-state index contributed by atoms with van der Waals surface area (Å²) >= 11 is 0. The first kappa shape index (κ1) is 15.9. The van der Waals surface area contributed by atoms with Gasteiger partial charge in [-0.3, -0.25) is 0 Å². The molecule has 20 heavy (non-hydrogen) atoms. The average molecular weight is 276 g/mol. The maximum Gasteiger partial charge on any atom is 0.165 e. The van der Waals surface area contributed by atoms with Crippen LogP contribution in [0.4, 0.5) is 0 Å². The number of phenolic OH excluding ortho intramolecular Hbond substituents is 2. The zero-order valence-electron chi connectivity index (χ0n) is 11.9. The SMILES string of the molecule is CC(C)(C)c1ccc(O)c(O)c1.OOc1ccccc1. The number of benzene rings is 2. The Morgan fingerprint density at radius 3 is 1.85 bits per heavy atom. The third-order valence-corrected chi connectivity index (χ3v) is 2.69. The molecular weight excluding hydrogens is 256 g/mol. The van der Waals surface area contributed by atoms with Crippen molar-refractivity contribution in [3.8, 4) is 17.2 Å². The van der Waals surface area contributed by atoms with Gasteiger partial charge < -0.3 is 15.1 Å². The highest BCUT2D eigenvalue weighted by Crippen LogP contribution is 2.30. The second kappa shape index (κ2) is 6.82. The standard InChI is InChI=1S/C10H14O2.C6H6O2/c1-10(2,3)7-4-5-8(11)9(12)6-7;7-8-6-4-2-1-3-5-6/h4-6,11-12H,1-3H3;1-5,7H. The summed E-state index contributed by atoms with van der Waals surface area (Å²) < 4.78 is 0. The van der Waals surface area contributed by atoms with Gasteiger partial charge in [-0.1, -0.05) is 45.0 Å². The van der Waals surface area contributed by atoms with Gasteiger partial charge in [0.05, 0.1) is 0 Å². The molecule has 0 saturated carbocycles. The molecule has 108 valence electrons.